The lowest BCUT2D eigenvalue weighted by atomic mass is 10.0. The van der Waals surface area contributed by atoms with E-state index in [1.165, 1.54) is 5.56 Å². The van der Waals surface area contributed by atoms with Crippen LogP contribution < -0.4 is 10.6 Å². The minimum Gasteiger partial charge on any atom is -0.497 e. The summed E-state index contributed by atoms with van der Waals surface area (Å²) in [5, 5.41) is 5.48. The largest absolute Gasteiger partial charge is 0.497 e. The van der Waals surface area contributed by atoms with E-state index in [4.69, 9.17) is 4.74 Å². The number of carbonyl (C=O) groups excluding carboxylic acids is 1. The predicted octanol–water partition coefficient (Wildman–Crippen LogP) is 3.48. The van der Waals surface area contributed by atoms with Crippen molar-refractivity contribution in [3.8, 4) is 0 Å². The molecule has 0 aliphatic rings. The normalized spacial score (nSPS) is 10.1. The number of hydrogen-bond donors (Lipinski definition) is 2. The molecule has 0 heterocycles. The van der Waals surface area contributed by atoms with Crippen molar-refractivity contribution in [1.82, 2.24) is 5.32 Å². The monoisotopic (exact) mass is 262 g/mol. The fourth-order valence-corrected chi connectivity index (χ4v) is 1.52. The number of amides is 2. The van der Waals surface area contributed by atoms with E-state index in [0.717, 1.165) is 5.69 Å². The zero-order valence-corrected chi connectivity index (χ0v) is 11.8. The summed E-state index contributed by atoms with van der Waals surface area (Å²) in [6.07, 6.45) is 0. The molecule has 0 saturated carbocycles. The summed E-state index contributed by atoms with van der Waals surface area (Å²) in [6.45, 7) is 10.5. The second kappa shape index (κ2) is 7.46. The van der Waals surface area contributed by atoms with Gasteiger partial charge in [-0.15, -0.1) is 0 Å². The average Bonchev–Trinajstić information content (AvgIpc) is 2.35. The molecule has 19 heavy (non-hydrogen) atoms. The van der Waals surface area contributed by atoms with E-state index >= 15 is 0 Å². The second-order valence-corrected chi connectivity index (χ2v) is 4.71. The summed E-state index contributed by atoms with van der Waals surface area (Å²) >= 11 is 0. The van der Waals surface area contributed by atoms with E-state index < -0.39 is 0 Å². The summed E-state index contributed by atoms with van der Waals surface area (Å²) in [5.41, 5.74) is 2.03. The SMILES string of the molecule is C=C(C)OCCNC(=O)Nc1ccc(C(C)C)cc1. The molecule has 2 amide bonds. The van der Waals surface area contributed by atoms with Crippen LogP contribution in [-0.2, 0) is 4.74 Å². The fraction of sp³-hybridized carbons (Fsp3) is 0.400. The van der Waals surface area contributed by atoms with Gasteiger partial charge in [-0.2, -0.15) is 0 Å². The van der Waals surface area contributed by atoms with Crippen molar-refractivity contribution >= 4 is 11.7 Å². The lowest BCUT2D eigenvalue weighted by Gasteiger charge is -2.10. The van der Waals surface area contributed by atoms with Crippen LogP contribution >= 0.6 is 0 Å². The van der Waals surface area contributed by atoms with Crippen molar-refractivity contribution in [3.63, 3.8) is 0 Å². The molecule has 4 heteroatoms. The Hall–Kier alpha value is -1.97. The van der Waals surface area contributed by atoms with E-state index in [9.17, 15) is 4.79 Å². The number of hydrogen-bond acceptors (Lipinski definition) is 2. The van der Waals surface area contributed by atoms with Crippen molar-refractivity contribution in [2.75, 3.05) is 18.5 Å². The highest BCUT2D eigenvalue weighted by Crippen LogP contribution is 2.16. The van der Waals surface area contributed by atoms with E-state index in [0.29, 0.717) is 24.8 Å². The Morgan fingerprint density at radius 2 is 1.95 bits per heavy atom. The number of urea groups is 1. The van der Waals surface area contributed by atoms with Crippen molar-refractivity contribution in [2.24, 2.45) is 0 Å². The van der Waals surface area contributed by atoms with Crippen LogP contribution in [0.15, 0.2) is 36.6 Å². The third-order valence-electron chi connectivity index (χ3n) is 2.57. The fourth-order valence-electron chi connectivity index (χ4n) is 1.52. The van der Waals surface area contributed by atoms with Gasteiger partial charge in [0.2, 0.25) is 0 Å². The molecule has 0 bridgehead atoms. The Bertz CT molecular complexity index is 424. The third kappa shape index (κ3) is 5.95. The zero-order valence-electron chi connectivity index (χ0n) is 11.8. The van der Waals surface area contributed by atoms with Gasteiger partial charge in [0.15, 0.2) is 0 Å². The molecule has 4 nitrogen and oxygen atoms in total. The van der Waals surface area contributed by atoms with Gasteiger partial charge in [-0.1, -0.05) is 32.6 Å². The zero-order chi connectivity index (χ0) is 14.3. The van der Waals surface area contributed by atoms with Crippen LogP contribution in [0.4, 0.5) is 10.5 Å². The Kier molecular flexibility index (Phi) is 5.93. The molecule has 1 rings (SSSR count). The number of anilines is 1. The molecule has 1 aromatic rings. The van der Waals surface area contributed by atoms with Crippen LogP contribution in [0, 0.1) is 0 Å². The lowest BCUT2D eigenvalue weighted by molar-refractivity contribution is 0.212. The van der Waals surface area contributed by atoms with Gasteiger partial charge in [-0.05, 0) is 30.5 Å². The molecule has 0 aliphatic heterocycles. The maximum absolute atomic E-state index is 11.6. The Labute approximate surface area is 114 Å². The Morgan fingerprint density at radius 1 is 1.32 bits per heavy atom. The summed E-state index contributed by atoms with van der Waals surface area (Å²) in [6, 6.07) is 7.61. The average molecular weight is 262 g/mol. The molecular formula is C15H22N2O2. The van der Waals surface area contributed by atoms with Crippen molar-refractivity contribution in [2.45, 2.75) is 26.7 Å². The Balaban J connectivity index is 2.33. The molecule has 104 valence electrons. The van der Waals surface area contributed by atoms with Crippen LogP contribution in [0.3, 0.4) is 0 Å². The highest BCUT2D eigenvalue weighted by Gasteiger charge is 2.02. The van der Waals surface area contributed by atoms with Crippen LogP contribution in [0.25, 0.3) is 0 Å². The van der Waals surface area contributed by atoms with E-state index in [1.54, 1.807) is 6.92 Å². The smallest absolute Gasteiger partial charge is 0.319 e. The number of carbonyl (C=O) groups is 1. The van der Waals surface area contributed by atoms with Gasteiger partial charge < -0.3 is 15.4 Å². The quantitative estimate of drug-likeness (QED) is 0.609. The van der Waals surface area contributed by atoms with Gasteiger partial charge in [0.25, 0.3) is 0 Å². The molecule has 1 aromatic carbocycles. The summed E-state index contributed by atoms with van der Waals surface area (Å²) in [7, 11) is 0. The van der Waals surface area contributed by atoms with Crippen LogP contribution in [0.2, 0.25) is 0 Å². The minimum atomic E-state index is -0.234. The number of nitrogens with one attached hydrogen (secondary N) is 2. The molecule has 0 atom stereocenters. The molecule has 0 aromatic heterocycles. The number of ether oxygens (including phenoxy) is 1. The first-order valence-electron chi connectivity index (χ1n) is 6.42. The lowest BCUT2D eigenvalue weighted by Crippen LogP contribution is -2.31. The first kappa shape index (κ1) is 15.1. The van der Waals surface area contributed by atoms with Gasteiger partial charge >= 0.3 is 6.03 Å². The van der Waals surface area contributed by atoms with Crippen molar-refractivity contribution < 1.29 is 9.53 Å². The minimum absolute atomic E-state index is 0.234. The summed E-state index contributed by atoms with van der Waals surface area (Å²) in [4.78, 5) is 11.6. The summed E-state index contributed by atoms with van der Waals surface area (Å²) < 4.78 is 5.15. The molecule has 0 fully saturated rings. The third-order valence-corrected chi connectivity index (χ3v) is 2.57. The van der Waals surface area contributed by atoms with E-state index in [2.05, 4.69) is 31.1 Å². The molecule has 0 radical (unpaired) electrons. The molecule has 0 aliphatic carbocycles. The van der Waals surface area contributed by atoms with Gasteiger partial charge in [0, 0.05) is 5.69 Å². The first-order valence-corrected chi connectivity index (χ1v) is 6.42. The van der Waals surface area contributed by atoms with Crippen LogP contribution in [0.1, 0.15) is 32.3 Å². The van der Waals surface area contributed by atoms with Crippen LogP contribution in [0.5, 0.6) is 0 Å². The van der Waals surface area contributed by atoms with Gasteiger partial charge in [-0.3, -0.25) is 0 Å². The van der Waals surface area contributed by atoms with Gasteiger partial charge in [0.1, 0.15) is 6.61 Å². The highest BCUT2D eigenvalue weighted by atomic mass is 16.5. The standard InChI is InChI=1S/C15H22N2O2/c1-11(2)13-5-7-14(8-6-13)17-15(18)16-9-10-19-12(3)4/h5-8,11H,3,9-10H2,1-2,4H3,(H2,16,17,18). The first-order chi connectivity index (χ1) is 8.99. The molecule has 0 saturated heterocycles. The number of allylic oxidation sites excluding steroid dienone is 1. The molecule has 0 spiro atoms. The van der Waals surface area contributed by atoms with E-state index in [-0.39, 0.29) is 6.03 Å². The molecular weight excluding hydrogens is 240 g/mol. The number of benzene rings is 1. The van der Waals surface area contributed by atoms with Crippen molar-refractivity contribution in [3.05, 3.63) is 42.2 Å². The van der Waals surface area contributed by atoms with Gasteiger partial charge in [0.05, 0.1) is 12.3 Å². The summed E-state index contributed by atoms with van der Waals surface area (Å²) in [5.74, 6) is 1.13. The number of rotatable bonds is 6. The Morgan fingerprint density at radius 3 is 2.47 bits per heavy atom. The second-order valence-electron chi connectivity index (χ2n) is 4.71. The predicted molar refractivity (Wildman–Crippen MR) is 78.3 cm³/mol. The maximum Gasteiger partial charge on any atom is 0.319 e. The van der Waals surface area contributed by atoms with Crippen LogP contribution in [-0.4, -0.2) is 19.2 Å². The van der Waals surface area contributed by atoms with Gasteiger partial charge in [-0.25, -0.2) is 4.79 Å². The maximum atomic E-state index is 11.6. The molecule has 2 N–H and O–H groups in total. The van der Waals surface area contributed by atoms with Crippen molar-refractivity contribution in [1.29, 1.82) is 0 Å². The molecule has 0 unspecified atom stereocenters. The topological polar surface area (TPSA) is 50.4 Å². The van der Waals surface area contributed by atoms with E-state index in [1.807, 2.05) is 24.3 Å². The highest BCUT2D eigenvalue weighted by molar-refractivity contribution is 5.89.